The van der Waals surface area contributed by atoms with E-state index < -0.39 is 0 Å². The number of benzene rings is 1. The van der Waals surface area contributed by atoms with Crippen LogP contribution in [-0.4, -0.2) is 11.5 Å². The van der Waals surface area contributed by atoms with Gasteiger partial charge in [0, 0.05) is 18.2 Å². The lowest BCUT2D eigenvalue weighted by atomic mass is 10.0. The highest BCUT2D eigenvalue weighted by Gasteiger charge is 2.14. The van der Waals surface area contributed by atoms with Crippen molar-refractivity contribution in [2.24, 2.45) is 5.92 Å². The minimum atomic E-state index is -0.338. The first kappa shape index (κ1) is 14.6. The minimum Gasteiger partial charge on any atom is -0.310 e. The van der Waals surface area contributed by atoms with Gasteiger partial charge in [-0.05, 0) is 24.4 Å². The van der Waals surface area contributed by atoms with Crippen molar-refractivity contribution >= 4 is 5.69 Å². The summed E-state index contributed by atoms with van der Waals surface area (Å²) in [5.74, 6) is 0.572. The van der Waals surface area contributed by atoms with Gasteiger partial charge in [-0.2, -0.15) is 0 Å². The van der Waals surface area contributed by atoms with Crippen molar-refractivity contribution in [3.63, 3.8) is 0 Å². The third-order valence-corrected chi connectivity index (χ3v) is 2.83. The van der Waals surface area contributed by atoms with Crippen molar-refractivity contribution < 1.29 is 4.92 Å². The van der Waals surface area contributed by atoms with Gasteiger partial charge >= 0.3 is 0 Å². The zero-order chi connectivity index (χ0) is 13.5. The summed E-state index contributed by atoms with van der Waals surface area (Å²) in [4.78, 5) is 10.4. The highest BCUT2D eigenvalue weighted by atomic mass is 16.6. The second kappa shape index (κ2) is 7.11. The van der Waals surface area contributed by atoms with Gasteiger partial charge < -0.3 is 5.32 Å². The van der Waals surface area contributed by atoms with E-state index in [9.17, 15) is 10.1 Å². The highest BCUT2D eigenvalue weighted by molar-refractivity contribution is 5.35. The third kappa shape index (κ3) is 4.45. The number of rotatable bonds is 7. The van der Waals surface area contributed by atoms with E-state index in [1.54, 1.807) is 12.1 Å². The predicted octanol–water partition coefficient (Wildman–Crippen LogP) is 3.68. The van der Waals surface area contributed by atoms with Crippen LogP contribution in [0.25, 0.3) is 0 Å². The van der Waals surface area contributed by atoms with Crippen LogP contribution in [0.4, 0.5) is 5.69 Å². The van der Waals surface area contributed by atoms with Crippen LogP contribution in [0.5, 0.6) is 0 Å². The number of nitrogens with zero attached hydrogens (tertiary/aromatic N) is 1. The van der Waals surface area contributed by atoms with E-state index in [4.69, 9.17) is 0 Å². The summed E-state index contributed by atoms with van der Waals surface area (Å²) in [7, 11) is 0. The van der Waals surface area contributed by atoms with E-state index in [0.717, 1.165) is 24.9 Å². The number of hydrogen-bond donors (Lipinski definition) is 1. The van der Waals surface area contributed by atoms with Gasteiger partial charge in [-0.1, -0.05) is 39.3 Å². The van der Waals surface area contributed by atoms with Gasteiger partial charge in [0.1, 0.15) is 0 Å². The summed E-state index contributed by atoms with van der Waals surface area (Å²) in [6, 6.07) is 7.13. The first-order valence-electron chi connectivity index (χ1n) is 6.52. The number of non-ortho nitro benzene ring substituents is 1. The maximum absolute atomic E-state index is 10.8. The normalized spacial score (nSPS) is 12.7. The third-order valence-electron chi connectivity index (χ3n) is 2.83. The van der Waals surface area contributed by atoms with Crippen molar-refractivity contribution in [1.29, 1.82) is 0 Å². The van der Waals surface area contributed by atoms with E-state index in [1.165, 1.54) is 6.07 Å². The molecule has 1 N–H and O–H groups in total. The molecule has 0 bridgehead atoms. The highest BCUT2D eigenvalue weighted by Crippen LogP contribution is 2.22. The molecule has 1 rings (SSSR count). The van der Waals surface area contributed by atoms with E-state index >= 15 is 0 Å². The molecule has 1 aromatic carbocycles. The lowest BCUT2D eigenvalue weighted by Gasteiger charge is -2.19. The molecule has 100 valence electrons. The van der Waals surface area contributed by atoms with Crippen molar-refractivity contribution in [2.75, 3.05) is 6.54 Å². The minimum absolute atomic E-state index is 0.167. The second-order valence-corrected chi connectivity index (χ2v) is 5.00. The predicted molar refractivity (Wildman–Crippen MR) is 73.6 cm³/mol. The van der Waals surface area contributed by atoms with Crippen molar-refractivity contribution in [3.05, 3.63) is 39.9 Å². The summed E-state index contributed by atoms with van der Waals surface area (Å²) in [6.07, 6.45) is 2.05. The molecule has 4 nitrogen and oxygen atoms in total. The maximum atomic E-state index is 10.8. The molecule has 0 spiro atoms. The molecular formula is C14H22N2O2. The molecule has 18 heavy (non-hydrogen) atoms. The van der Waals surface area contributed by atoms with Crippen LogP contribution >= 0.6 is 0 Å². The van der Waals surface area contributed by atoms with Crippen LogP contribution in [0.3, 0.4) is 0 Å². The second-order valence-electron chi connectivity index (χ2n) is 5.00. The Morgan fingerprint density at radius 1 is 1.39 bits per heavy atom. The van der Waals surface area contributed by atoms with Crippen molar-refractivity contribution in [1.82, 2.24) is 5.32 Å². The SMILES string of the molecule is CCCC(NCC(C)C)c1cccc([N+](=O)[O-])c1. The van der Waals surface area contributed by atoms with E-state index in [1.807, 2.05) is 6.07 Å². The number of nitrogens with one attached hydrogen (secondary N) is 1. The Balaban J connectivity index is 2.83. The molecule has 0 aliphatic carbocycles. The first-order chi connectivity index (χ1) is 8.54. The zero-order valence-corrected chi connectivity index (χ0v) is 11.3. The van der Waals surface area contributed by atoms with Gasteiger partial charge in [0.2, 0.25) is 0 Å². The van der Waals surface area contributed by atoms with Gasteiger partial charge in [0.05, 0.1) is 4.92 Å². The van der Waals surface area contributed by atoms with E-state index in [2.05, 4.69) is 26.1 Å². The molecule has 1 atom stereocenters. The number of hydrogen-bond acceptors (Lipinski definition) is 3. The van der Waals surface area contributed by atoms with Gasteiger partial charge in [-0.15, -0.1) is 0 Å². The molecule has 0 heterocycles. The lowest BCUT2D eigenvalue weighted by Crippen LogP contribution is -2.25. The van der Waals surface area contributed by atoms with Crippen LogP contribution in [0.2, 0.25) is 0 Å². The van der Waals surface area contributed by atoms with Gasteiger partial charge in [0.15, 0.2) is 0 Å². The first-order valence-corrected chi connectivity index (χ1v) is 6.52. The van der Waals surface area contributed by atoms with Gasteiger partial charge in [-0.25, -0.2) is 0 Å². The summed E-state index contributed by atoms with van der Waals surface area (Å²) in [5, 5.41) is 14.3. The van der Waals surface area contributed by atoms with Crippen molar-refractivity contribution in [2.45, 2.75) is 39.7 Å². The summed E-state index contributed by atoms with van der Waals surface area (Å²) in [6.45, 7) is 7.36. The number of nitro benzene ring substituents is 1. The average Bonchev–Trinajstić information content (AvgIpc) is 2.34. The molecule has 0 saturated carbocycles. The Kier molecular flexibility index (Phi) is 5.78. The zero-order valence-electron chi connectivity index (χ0n) is 11.3. The van der Waals surface area contributed by atoms with E-state index in [0.29, 0.717) is 5.92 Å². The van der Waals surface area contributed by atoms with Crippen LogP contribution in [0, 0.1) is 16.0 Å². The molecule has 4 heteroatoms. The summed E-state index contributed by atoms with van der Waals surface area (Å²) in [5.41, 5.74) is 1.17. The Labute approximate surface area is 109 Å². The molecule has 0 aliphatic rings. The molecule has 0 radical (unpaired) electrons. The monoisotopic (exact) mass is 250 g/mol. The topological polar surface area (TPSA) is 55.2 Å². The molecular weight excluding hydrogens is 228 g/mol. The van der Waals surface area contributed by atoms with Crippen LogP contribution < -0.4 is 5.32 Å². The molecule has 0 saturated heterocycles. The number of nitro groups is 1. The molecule has 1 aromatic rings. The Morgan fingerprint density at radius 3 is 2.67 bits per heavy atom. The van der Waals surface area contributed by atoms with Crippen LogP contribution in [-0.2, 0) is 0 Å². The molecule has 0 amide bonds. The Hall–Kier alpha value is -1.42. The van der Waals surface area contributed by atoms with Crippen LogP contribution in [0.1, 0.15) is 45.2 Å². The summed E-state index contributed by atoms with van der Waals surface area (Å²) >= 11 is 0. The average molecular weight is 250 g/mol. The smallest absolute Gasteiger partial charge is 0.269 e. The fourth-order valence-electron chi connectivity index (χ4n) is 1.91. The molecule has 0 aromatic heterocycles. The van der Waals surface area contributed by atoms with E-state index in [-0.39, 0.29) is 16.7 Å². The quantitative estimate of drug-likeness (QED) is 0.593. The standard InChI is InChI=1S/C14H22N2O2/c1-4-6-14(15-10-11(2)3)12-7-5-8-13(9-12)16(17)18/h5,7-9,11,14-15H,4,6,10H2,1-3H3. The molecule has 0 fully saturated rings. The Morgan fingerprint density at radius 2 is 2.11 bits per heavy atom. The van der Waals surface area contributed by atoms with Gasteiger partial charge in [-0.3, -0.25) is 10.1 Å². The fraction of sp³-hybridized carbons (Fsp3) is 0.571. The molecule has 0 aliphatic heterocycles. The lowest BCUT2D eigenvalue weighted by molar-refractivity contribution is -0.384. The Bertz CT molecular complexity index is 391. The largest absolute Gasteiger partial charge is 0.310 e. The fourth-order valence-corrected chi connectivity index (χ4v) is 1.91. The summed E-state index contributed by atoms with van der Waals surface area (Å²) < 4.78 is 0. The van der Waals surface area contributed by atoms with Crippen LogP contribution in [0.15, 0.2) is 24.3 Å². The maximum Gasteiger partial charge on any atom is 0.269 e. The van der Waals surface area contributed by atoms with Gasteiger partial charge in [0.25, 0.3) is 5.69 Å². The molecule has 1 unspecified atom stereocenters. The van der Waals surface area contributed by atoms with Crippen molar-refractivity contribution in [3.8, 4) is 0 Å².